The second kappa shape index (κ2) is 12.1. The third-order valence-corrected chi connectivity index (χ3v) is 7.77. The standard InChI is InChI=1S/C26H35N3O6S/c1-5-14-27-26(31)22(6-2)28(16-20-10-8-19(4)9-11-20)25(30)17-29(36(32,33)7-3)21-12-13-23-24(15-21)35-18-34-23/h8-13,15,22H,5-7,14,16-18H2,1-4H3,(H,27,31). The smallest absolute Gasteiger partial charge is 0.244 e. The molecule has 2 aromatic carbocycles. The van der Waals surface area contributed by atoms with Crippen molar-refractivity contribution in [2.75, 3.05) is 29.9 Å². The highest BCUT2D eigenvalue weighted by Crippen LogP contribution is 2.36. The van der Waals surface area contributed by atoms with Crippen molar-refractivity contribution in [3.05, 3.63) is 53.6 Å². The Morgan fingerprint density at radius 3 is 2.36 bits per heavy atom. The van der Waals surface area contributed by atoms with Crippen LogP contribution in [0.4, 0.5) is 5.69 Å². The predicted molar refractivity (Wildman–Crippen MR) is 138 cm³/mol. The lowest BCUT2D eigenvalue weighted by atomic mass is 10.1. The molecule has 0 fully saturated rings. The Balaban J connectivity index is 1.95. The summed E-state index contributed by atoms with van der Waals surface area (Å²) in [6.07, 6.45) is 1.15. The third kappa shape index (κ3) is 6.48. The number of sulfonamides is 1. The second-order valence-electron chi connectivity index (χ2n) is 8.67. The van der Waals surface area contributed by atoms with E-state index in [1.807, 2.05) is 45.0 Å². The van der Waals surface area contributed by atoms with Gasteiger partial charge in [0.2, 0.25) is 28.6 Å². The first-order chi connectivity index (χ1) is 17.2. The number of carbonyl (C=O) groups excluding carboxylic acids is 2. The van der Waals surface area contributed by atoms with E-state index in [4.69, 9.17) is 9.47 Å². The molecule has 1 heterocycles. The fourth-order valence-corrected chi connectivity index (χ4v) is 4.99. The van der Waals surface area contributed by atoms with E-state index >= 15 is 0 Å². The molecular formula is C26H35N3O6S. The van der Waals surface area contributed by atoms with Crippen LogP contribution in [0.25, 0.3) is 0 Å². The predicted octanol–water partition coefficient (Wildman–Crippen LogP) is 3.21. The number of benzene rings is 2. The summed E-state index contributed by atoms with van der Waals surface area (Å²) in [6.45, 7) is 7.56. The van der Waals surface area contributed by atoms with Crippen molar-refractivity contribution in [2.45, 2.75) is 53.1 Å². The Morgan fingerprint density at radius 1 is 1.03 bits per heavy atom. The summed E-state index contributed by atoms with van der Waals surface area (Å²) in [5, 5.41) is 2.87. The monoisotopic (exact) mass is 517 g/mol. The number of hydrogen-bond acceptors (Lipinski definition) is 6. The van der Waals surface area contributed by atoms with Gasteiger partial charge in [0.15, 0.2) is 11.5 Å². The molecule has 0 bridgehead atoms. The molecule has 9 nitrogen and oxygen atoms in total. The fourth-order valence-electron chi connectivity index (χ4n) is 3.94. The Morgan fingerprint density at radius 2 is 1.72 bits per heavy atom. The number of amides is 2. The molecular weight excluding hydrogens is 482 g/mol. The summed E-state index contributed by atoms with van der Waals surface area (Å²) < 4.78 is 38.0. The summed E-state index contributed by atoms with van der Waals surface area (Å²) in [5.74, 6) is 0.00852. The van der Waals surface area contributed by atoms with Gasteiger partial charge in [-0.15, -0.1) is 0 Å². The number of fused-ring (bicyclic) bond motifs is 1. The molecule has 1 aliphatic rings. The van der Waals surface area contributed by atoms with Crippen LogP contribution < -0.4 is 19.1 Å². The Labute approximate surface area is 213 Å². The summed E-state index contributed by atoms with van der Waals surface area (Å²) >= 11 is 0. The molecule has 0 saturated carbocycles. The van der Waals surface area contributed by atoms with Gasteiger partial charge in [0.1, 0.15) is 12.6 Å². The molecule has 196 valence electrons. The Bertz CT molecular complexity index is 1170. The first-order valence-electron chi connectivity index (χ1n) is 12.2. The van der Waals surface area contributed by atoms with Crippen LogP contribution in [0.5, 0.6) is 11.5 Å². The molecule has 0 radical (unpaired) electrons. The van der Waals surface area contributed by atoms with Crippen LogP contribution in [0.15, 0.2) is 42.5 Å². The average molecular weight is 518 g/mol. The lowest BCUT2D eigenvalue weighted by molar-refractivity contribution is -0.140. The number of ether oxygens (including phenoxy) is 2. The molecule has 10 heteroatoms. The molecule has 0 spiro atoms. The molecule has 1 atom stereocenters. The van der Waals surface area contributed by atoms with E-state index in [0.717, 1.165) is 21.9 Å². The number of nitrogens with one attached hydrogen (secondary N) is 1. The van der Waals surface area contributed by atoms with Crippen molar-refractivity contribution < 1.29 is 27.5 Å². The van der Waals surface area contributed by atoms with E-state index in [2.05, 4.69) is 5.32 Å². The van der Waals surface area contributed by atoms with Crippen molar-refractivity contribution in [1.29, 1.82) is 0 Å². The van der Waals surface area contributed by atoms with Gasteiger partial charge in [-0.1, -0.05) is 43.7 Å². The van der Waals surface area contributed by atoms with Crippen molar-refractivity contribution in [3.8, 4) is 11.5 Å². The topological polar surface area (TPSA) is 105 Å². The second-order valence-corrected chi connectivity index (χ2v) is 10.8. The number of anilines is 1. The molecule has 1 unspecified atom stereocenters. The van der Waals surface area contributed by atoms with E-state index < -0.39 is 28.5 Å². The molecule has 0 saturated heterocycles. The van der Waals surface area contributed by atoms with Crippen molar-refractivity contribution >= 4 is 27.5 Å². The van der Waals surface area contributed by atoms with Gasteiger partial charge in [0, 0.05) is 19.2 Å². The molecule has 36 heavy (non-hydrogen) atoms. The highest BCUT2D eigenvalue weighted by molar-refractivity contribution is 7.92. The summed E-state index contributed by atoms with van der Waals surface area (Å²) in [5.41, 5.74) is 2.23. The minimum absolute atomic E-state index is 0.0492. The van der Waals surface area contributed by atoms with E-state index in [1.54, 1.807) is 18.2 Å². The SMILES string of the molecule is CCCNC(=O)C(CC)N(Cc1ccc(C)cc1)C(=O)CN(c1ccc2c(c1)OCO2)S(=O)(=O)CC. The van der Waals surface area contributed by atoms with Gasteiger partial charge >= 0.3 is 0 Å². The van der Waals surface area contributed by atoms with Crippen LogP contribution in [-0.4, -0.2) is 56.8 Å². The van der Waals surface area contributed by atoms with Crippen LogP contribution in [0.2, 0.25) is 0 Å². The van der Waals surface area contributed by atoms with Crippen molar-refractivity contribution in [3.63, 3.8) is 0 Å². The number of hydrogen-bond donors (Lipinski definition) is 1. The summed E-state index contributed by atoms with van der Waals surface area (Å²) in [7, 11) is -3.82. The highest BCUT2D eigenvalue weighted by Gasteiger charge is 2.32. The number of nitrogens with zero attached hydrogens (tertiary/aromatic N) is 2. The first kappa shape index (κ1) is 27.3. The zero-order valence-corrected chi connectivity index (χ0v) is 22.1. The Hall–Kier alpha value is -3.27. The maximum absolute atomic E-state index is 13.8. The van der Waals surface area contributed by atoms with Gasteiger partial charge in [-0.3, -0.25) is 13.9 Å². The molecule has 3 rings (SSSR count). The van der Waals surface area contributed by atoms with Gasteiger partial charge in [-0.25, -0.2) is 8.42 Å². The summed E-state index contributed by atoms with van der Waals surface area (Å²) in [6, 6.07) is 11.7. The molecule has 1 aliphatic heterocycles. The lowest BCUT2D eigenvalue weighted by Crippen LogP contribution is -2.52. The molecule has 0 aliphatic carbocycles. The van der Waals surface area contributed by atoms with Gasteiger partial charge in [-0.05, 0) is 44.4 Å². The molecule has 0 aromatic heterocycles. The van der Waals surface area contributed by atoms with Gasteiger partial charge in [-0.2, -0.15) is 0 Å². The van der Waals surface area contributed by atoms with Crippen molar-refractivity contribution in [2.24, 2.45) is 0 Å². The lowest BCUT2D eigenvalue weighted by Gasteiger charge is -2.33. The largest absolute Gasteiger partial charge is 0.454 e. The van der Waals surface area contributed by atoms with E-state index in [-0.39, 0.29) is 25.0 Å². The van der Waals surface area contributed by atoms with Gasteiger partial charge in [0.25, 0.3) is 0 Å². The van der Waals surface area contributed by atoms with Crippen LogP contribution in [0.3, 0.4) is 0 Å². The zero-order valence-electron chi connectivity index (χ0n) is 21.3. The molecule has 2 aromatic rings. The zero-order chi connectivity index (χ0) is 26.3. The number of rotatable bonds is 12. The first-order valence-corrected chi connectivity index (χ1v) is 13.8. The van der Waals surface area contributed by atoms with Gasteiger partial charge < -0.3 is 19.7 Å². The van der Waals surface area contributed by atoms with E-state index in [9.17, 15) is 18.0 Å². The normalized spacial score (nSPS) is 13.2. The number of aryl methyl sites for hydroxylation is 1. The third-order valence-electron chi connectivity index (χ3n) is 6.03. The quantitative estimate of drug-likeness (QED) is 0.464. The van der Waals surface area contributed by atoms with Gasteiger partial charge in [0.05, 0.1) is 11.4 Å². The van der Waals surface area contributed by atoms with Crippen LogP contribution in [-0.2, 0) is 26.2 Å². The van der Waals surface area contributed by atoms with Crippen molar-refractivity contribution in [1.82, 2.24) is 10.2 Å². The van der Waals surface area contributed by atoms with Crippen LogP contribution >= 0.6 is 0 Å². The number of carbonyl (C=O) groups is 2. The van der Waals surface area contributed by atoms with E-state index in [0.29, 0.717) is 30.2 Å². The van der Waals surface area contributed by atoms with Crippen LogP contribution in [0.1, 0.15) is 44.7 Å². The maximum atomic E-state index is 13.8. The molecule has 2 amide bonds. The average Bonchev–Trinajstić information content (AvgIpc) is 3.34. The molecule has 1 N–H and O–H groups in total. The Kier molecular flexibility index (Phi) is 9.19. The maximum Gasteiger partial charge on any atom is 0.244 e. The minimum atomic E-state index is -3.82. The van der Waals surface area contributed by atoms with E-state index in [1.165, 1.54) is 11.8 Å². The minimum Gasteiger partial charge on any atom is -0.454 e. The fraction of sp³-hybridized carbons (Fsp3) is 0.462. The summed E-state index contributed by atoms with van der Waals surface area (Å²) in [4.78, 5) is 28.2. The van der Waals surface area contributed by atoms with Crippen LogP contribution in [0, 0.1) is 6.92 Å². The highest BCUT2D eigenvalue weighted by atomic mass is 32.2.